The Kier molecular flexibility index (Phi) is 9.28. The van der Waals surface area contributed by atoms with Crippen LogP contribution in [0.3, 0.4) is 0 Å². The van der Waals surface area contributed by atoms with Crippen LogP contribution >= 0.6 is 23.2 Å². The molecule has 0 aliphatic carbocycles. The van der Waals surface area contributed by atoms with E-state index < -0.39 is 46.8 Å². The van der Waals surface area contributed by atoms with Crippen LogP contribution in [-0.4, -0.2) is 42.0 Å². The van der Waals surface area contributed by atoms with Gasteiger partial charge in [0, 0.05) is 42.1 Å². The maximum atomic E-state index is 15.9. The number of carboxylic acids is 1. The number of benzene rings is 3. The number of Topliss-reactive ketones (excluding diaryl/α,β-unsaturated/α-hetero) is 1. The Balaban J connectivity index is 1.65. The van der Waals surface area contributed by atoms with E-state index in [1.54, 1.807) is 12.1 Å². The number of ketones is 1. The fourth-order valence-electron chi connectivity index (χ4n) is 7.02. The number of carbonyl (C=O) groups excluding carboxylic acids is 1. The summed E-state index contributed by atoms with van der Waals surface area (Å²) < 4.78 is 31.8. The highest BCUT2D eigenvalue weighted by atomic mass is 35.5. The highest BCUT2D eigenvalue weighted by Gasteiger charge is 2.60. The molecule has 0 saturated carbocycles. The van der Waals surface area contributed by atoms with Crippen LogP contribution in [-0.2, 0) is 16.6 Å². The molecular weight excluding hydrogens is 619 g/mol. The van der Waals surface area contributed by atoms with E-state index in [-0.39, 0.29) is 38.6 Å². The third-order valence-corrected chi connectivity index (χ3v) is 9.44. The maximum absolute atomic E-state index is 15.9. The van der Waals surface area contributed by atoms with Crippen LogP contribution < -0.4 is 10.2 Å². The lowest BCUT2D eigenvalue weighted by Gasteiger charge is -2.37. The van der Waals surface area contributed by atoms with E-state index in [9.17, 15) is 20.0 Å². The maximum Gasteiger partial charge on any atom is 0.337 e. The molecule has 4 atom stereocenters. The van der Waals surface area contributed by atoms with Gasteiger partial charge in [0.25, 0.3) is 0 Å². The Morgan fingerprint density at radius 2 is 1.80 bits per heavy atom. The number of anilines is 1. The molecule has 2 aliphatic rings. The summed E-state index contributed by atoms with van der Waals surface area (Å²) in [5.41, 5.74) is -0.943. The van der Waals surface area contributed by atoms with Crippen molar-refractivity contribution in [3.8, 4) is 6.07 Å². The standard InChI is InChI=1S/C35H35Cl2F2N3O3/c1-34(2,3)18-29-35(19-40,24-11-10-21(36)17-26(24)38)30(22-7-6-8-25(37)31(22)39)32(41-29)28(43)16-20-9-12-27(23(15-20)33(44)45)42-13-4-5-14-42/h6-12,15,17,29-30,32,41H,4-5,13-14,16,18H2,1-3H3,(H,44,45)/t29-,30-,32-,35-/m0/s1. The molecule has 6 nitrogen and oxygen atoms in total. The molecular formula is C35H35Cl2F2N3O3. The van der Waals surface area contributed by atoms with Crippen molar-refractivity contribution in [2.75, 3.05) is 18.0 Å². The lowest BCUT2D eigenvalue weighted by molar-refractivity contribution is -0.120. The van der Waals surface area contributed by atoms with Crippen molar-refractivity contribution in [2.24, 2.45) is 5.41 Å². The number of halogens is 4. The third kappa shape index (κ3) is 6.31. The van der Waals surface area contributed by atoms with Gasteiger partial charge in [-0.05, 0) is 66.1 Å². The number of hydrogen-bond acceptors (Lipinski definition) is 5. The van der Waals surface area contributed by atoms with Crippen molar-refractivity contribution in [2.45, 2.75) is 69.9 Å². The molecule has 45 heavy (non-hydrogen) atoms. The molecule has 2 fully saturated rings. The zero-order valence-corrected chi connectivity index (χ0v) is 26.9. The zero-order valence-electron chi connectivity index (χ0n) is 25.3. The second-order valence-electron chi connectivity index (χ2n) is 13.2. The van der Waals surface area contributed by atoms with E-state index in [2.05, 4.69) is 11.4 Å². The molecule has 0 spiro atoms. The second kappa shape index (κ2) is 12.7. The number of rotatable bonds is 8. The van der Waals surface area contributed by atoms with Gasteiger partial charge in [-0.25, -0.2) is 13.6 Å². The molecule has 3 aromatic carbocycles. The lowest BCUT2D eigenvalue weighted by atomic mass is 9.62. The largest absolute Gasteiger partial charge is 0.478 e. The van der Waals surface area contributed by atoms with Gasteiger partial charge in [0.2, 0.25) is 0 Å². The first-order chi connectivity index (χ1) is 21.3. The Morgan fingerprint density at radius 1 is 1.09 bits per heavy atom. The van der Waals surface area contributed by atoms with Crippen LogP contribution in [0.25, 0.3) is 0 Å². The molecule has 5 rings (SSSR count). The molecule has 0 bridgehead atoms. The van der Waals surface area contributed by atoms with Gasteiger partial charge >= 0.3 is 5.97 Å². The number of nitriles is 1. The normalized spacial score (nSPS) is 23.2. The average Bonchev–Trinajstić information content (AvgIpc) is 3.61. The fourth-order valence-corrected chi connectivity index (χ4v) is 7.36. The van der Waals surface area contributed by atoms with E-state index in [0.717, 1.165) is 32.0 Å². The average molecular weight is 655 g/mol. The number of nitrogens with one attached hydrogen (secondary N) is 1. The van der Waals surface area contributed by atoms with Crippen molar-refractivity contribution in [1.29, 1.82) is 5.26 Å². The summed E-state index contributed by atoms with van der Waals surface area (Å²) >= 11 is 12.3. The number of aromatic carboxylic acids is 1. The number of carbonyl (C=O) groups is 2. The van der Waals surface area contributed by atoms with Gasteiger partial charge in [-0.2, -0.15) is 5.26 Å². The Labute approximate surface area is 271 Å². The molecule has 0 aromatic heterocycles. The van der Waals surface area contributed by atoms with Crippen LogP contribution in [0.2, 0.25) is 10.0 Å². The number of nitrogens with zero attached hydrogens (tertiary/aromatic N) is 2. The van der Waals surface area contributed by atoms with E-state index in [1.165, 1.54) is 36.4 Å². The van der Waals surface area contributed by atoms with E-state index in [4.69, 9.17) is 23.2 Å². The Morgan fingerprint density at radius 3 is 2.42 bits per heavy atom. The van der Waals surface area contributed by atoms with Gasteiger partial charge in [0.15, 0.2) is 5.78 Å². The van der Waals surface area contributed by atoms with Crippen molar-refractivity contribution >= 4 is 40.6 Å². The van der Waals surface area contributed by atoms with Crippen molar-refractivity contribution in [3.05, 3.63) is 98.5 Å². The van der Waals surface area contributed by atoms with E-state index in [0.29, 0.717) is 17.7 Å². The minimum absolute atomic E-state index is 0.000968. The van der Waals surface area contributed by atoms with Gasteiger partial charge in [-0.15, -0.1) is 0 Å². The van der Waals surface area contributed by atoms with Crippen LogP contribution in [0.5, 0.6) is 0 Å². The number of carboxylic acid groups (broad SMARTS) is 1. The Hall–Kier alpha value is -3.51. The monoisotopic (exact) mass is 653 g/mol. The SMILES string of the molecule is CC(C)(C)C[C@@H]1N[C@@H](C(=O)Cc2ccc(N3CCCC3)c(C(=O)O)c2)[C@H](c2cccc(Cl)c2F)[C@@]1(C#N)c1ccc(Cl)cc1F. The summed E-state index contributed by atoms with van der Waals surface area (Å²) in [5, 5.41) is 24.3. The van der Waals surface area contributed by atoms with Crippen LogP contribution in [0.15, 0.2) is 54.6 Å². The minimum atomic E-state index is -1.74. The predicted octanol–water partition coefficient (Wildman–Crippen LogP) is 7.70. The first-order valence-electron chi connectivity index (χ1n) is 15.0. The van der Waals surface area contributed by atoms with E-state index >= 15 is 8.78 Å². The molecule has 2 heterocycles. The lowest BCUT2D eigenvalue weighted by Crippen LogP contribution is -2.44. The molecule has 236 valence electrons. The number of hydrogen-bond donors (Lipinski definition) is 2. The molecule has 2 aliphatic heterocycles. The van der Waals surface area contributed by atoms with Gasteiger partial charge in [0.05, 0.1) is 28.4 Å². The molecule has 2 saturated heterocycles. The molecule has 0 radical (unpaired) electrons. The second-order valence-corrected chi connectivity index (χ2v) is 14.0. The summed E-state index contributed by atoms with van der Waals surface area (Å²) in [6.45, 7) is 7.41. The highest BCUT2D eigenvalue weighted by molar-refractivity contribution is 6.31. The quantitative estimate of drug-likeness (QED) is 0.259. The van der Waals surface area contributed by atoms with Gasteiger partial charge in [0.1, 0.15) is 17.0 Å². The van der Waals surface area contributed by atoms with Crippen LogP contribution in [0.1, 0.15) is 73.0 Å². The highest BCUT2D eigenvalue weighted by Crippen LogP contribution is 2.53. The summed E-state index contributed by atoms with van der Waals surface area (Å²) in [5.74, 6) is -4.21. The molecule has 2 N–H and O–H groups in total. The van der Waals surface area contributed by atoms with Crippen LogP contribution in [0.4, 0.5) is 14.5 Å². The minimum Gasteiger partial charge on any atom is -0.478 e. The Bertz CT molecular complexity index is 1680. The van der Waals surface area contributed by atoms with E-state index in [1.807, 2.05) is 25.7 Å². The fraction of sp³-hybridized carbons (Fsp3) is 0.400. The molecule has 10 heteroatoms. The van der Waals surface area contributed by atoms with Crippen molar-refractivity contribution < 1.29 is 23.5 Å². The topological polar surface area (TPSA) is 93.4 Å². The molecule has 0 amide bonds. The molecule has 0 unspecified atom stereocenters. The summed E-state index contributed by atoms with van der Waals surface area (Å²) in [4.78, 5) is 28.6. The van der Waals surface area contributed by atoms with Crippen molar-refractivity contribution in [3.63, 3.8) is 0 Å². The van der Waals surface area contributed by atoms with Crippen LogP contribution in [0, 0.1) is 28.4 Å². The first kappa shape index (κ1) is 32.9. The predicted molar refractivity (Wildman–Crippen MR) is 171 cm³/mol. The summed E-state index contributed by atoms with van der Waals surface area (Å²) in [7, 11) is 0. The third-order valence-electron chi connectivity index (χ3n) is 8.91. The summed E-state index contributed by atoms with van der Waals surface area (Å²) in [6, 6.07) is 13.8. The smallest absolute Gasteiger partial charge is 0.337 e. The molecule has 3 aromatic rings. The summed E-state index contributed by atoms with van der Waals surface area (Å²) in [6.07, 6.45) is 2.10. The van der Waals surface area contributed by atoms with Gasteiger partial charge in [-0.3, -0.25) is 4.79 Å². The van der Waals surface area contributed by atoms with Crippen molar-refractivity contribution in [1.82, 2.24) is 5.32 Å². The first-order valence-corrected chi connectivity index (χ1v) is 15.7. The zero-order chi connectivity index (χ0) is 32.7. The van der Waals surface area contributed by atoms with Gasteiger partial charge in [-0.1, -0.05) is 68.2 Å². The van der Waals surface area contributed by atoms with Gasteiger partial charge < -0.3 is 15.3 Å².